The topological polar surface area (TPSA) is 46.9 Å². The maximum absolute atomic E-state index is 11.8. The highest BCUT2D eigenvalue weighted by molar-refractivity contribution is 7.10. The number of rotatable bonds is 5. The number of thiophene rings is 1. The molecule has 2 heterocycles. The molecule has 0 aliphatic heterocycles. The second-order valence-corrected chi connectivity index (χ2v) is 5.69. The van der Waals surface area contributed by atoms with Crippen molar-refractivity contribution in [2.45, 2.75) is 13.0 Å². The zero-order valence-corrected chi connectivity index (χ0v) is 12.2. The first-order valence-electron chi connectivity index (χ1n) is 6.69. The monoisotopic (exact) mass is 297 g/mol. The molecule has 0 atom stereocenters. The molecule has 3 rings (SSSR count). The van der Waals surface area contributed by atoms with Crippen LogP contribution in [0.2, 0.25) is 0 Å². The SMILES string of the molecule is O=C(Cc1cccs1)NCc1cnn(-c2ccccc2)c1. The van der Waals surface area contributed by atoms with Crippen LogP contribution in [-0.4, -0.2) is 15.7 Å². The molecule has 106 valence electrons. The van der Waals surface area contributed by atoms with Gasteiger partial charge in [-0.15, -0.1) is 11.3 Å². The van der Waals surface area contributed by atoms with Gasteiger partial charge in [-0.3, -0.25) is 4.79 Å². The minimum Gasteiger partial charge on any atom is -0.352 e. The number of carbonyl (C=O) groups is 1. The number of nitrogens with zero attached hydrogens (tertiary/aromatic N) is 2. The van der Waals surface area contributed by atoms with Gasteiger partial charge >= 0.3 is 0 Å². The number of amides is 1. The molecular weight excluding hydrogens is 282 g/mol. The molecule has 2 aromatic heterocycles. The average molecular weight is 297 g/mol. The van der Waals surface area contributed by atoms with Crippen LogP contribution in [0.1, 0.15) is 10.4 Å². The van der Waals surface area contributed by atoms with E-state index in [4.69, 9.17) is 0 Å². The van der Waals surface area contributed by atoms with E-state index in [1.54, 1.807) is 22.2 Å². The Hall–Kier alpha value is -2.40. The second-order valence-electron chi connectivity index (χ2n) is 4.66. The summed E-state index contributed by atoms with van der Waals surface area (Å²) >= 11 is 1.60. The van der Waals surface area contributed by atoms with Crippen LogP contribution in [0.5, 0.6) is 0 Å². The van der Waals surface area contributed by atoms with E-state index >= 15 is 0 Å². The van der Waals surface area contributed by atoms with Crippen LogP contribution in [0.4, 0.5) is 0 Å². The summed E-state index contributed by atoms with van der Waals surface area (Å²) in [5, 5.41) is 9.20. The summed E-state index contributed by atoms with van der Waals surface area (Å²) in [5.74, 6) is 0.0323. The molecule has 0 bridgehead atoms. The fourth-order valence-corrected chi connectivity index (χ4v) is 2.71. The lowest BCUT2D eigenvalue weighted by molar-refractivity contribution is -0.120. The maximum atomic E-state index is 11.8. The Labute approximate surface area is 127 Å². The van der Waals surface area contributed by atoms with Crippen molar-refractivity contribution in [1.82, 2.24) is 15.1 Å². The van der Waals surface area contributed by atoms with E-state index in [-0.39, 0.29) is 5.91 Å². The molecule has 0 saturated carbocycles. The van der Waals surface area contributed by atoms with E-state index in [0.29, 0.717) is 13.0 Å². The van der Waals surface area contributed by atoms with Crippen molar-refractivity contribution in [3.8, 4) is 5.69 Å². The molecule has 1 N–H and O–H groups in total. The standard InChI is InChI=1S/C16H15N3OS/c20-16(9-15-7-4-8-21-15)17-10-13-11-18-19(12-13)14-5-2-1-3-6-14/h1-8,11-12H,9-10H2,(H,17,20). The molecule has 4 nitrogen and oxygen atoms in total. The quantitative estimate of drug-likeness (QED) is 0.787. The Morgan fingerprint density at radius 3 is 2.81 bits per heavy atom. The zero-order chi connectivity index (χ0) is 14.5. The molecule has 0 spiro atoms. The highest BCUT2D eigenvalue weighted by Crippen LogP contribution is 2.10. The van der Waals surface area contributed by atoms with Gasteiger partial charge in [0, 0.05) is 23.2 Å². The van der Waals surface area contributed by atoms with E-state index in [1.807, 2.05) is 54.0 Å². The molecule has 5 heteroatoms. The van der Waals surface area contributed by atoms with E-state index in [1.165, 1.54) is 0 Å². The van der Waals surface area contributed by atoms with Gasteiger partial charge in [-0.25, -0.2) is 4.68 Å². The largest absolute Gasteiger partial charge is 0.352 e. The minimum atomic E-state index is 0.0323. The van der Waals surface area contributed by atoms with Gasteiger partial charge in [-0.05, 0) is 23.6 Å². The number of aromatic nitrogens is 2. The van der Waals surface area contributed by atoms with Crippen LogP contribution < -0.4 is 5.32 Å². The predicted molar refractivity (Wildman–Crippen MR) is 83.4 cm³/mol. The normalized spacial score (nSPS) is 10.5. The third-order valence-corrected chi connectivity index (χ3v) is 3.94. The fourth-order valence-electron chi connectivity index (χ4n) is 2.01. The molecule has 1 aromatic carbocycles. The van der Waals surface area contributed by atoms with Crippen LogP contribution in [0.15, 0.2) is 60.2 Å². The maximum Gasteiger partial charge on any atom is 0.225 e. The number of nitrogens with one attached hydrogen (secondary N) is 1. The van der Waals surface area contributed by atoms with E-state index in [0.717, 1.165) is 16.1 Å². The molecule has 0 aliphatic rings. The van der Waals surface area contributed by atoms with Crippen LogP contribution in [-0.2, 0) is 17.8 Å². The minimum absolute atomic E-state index is 0.0323. The van der Waals surface area contributed by atoms with Gasteiger partial charge in [-0.2, -0.15) is 5.10 Å². The van der Waals surface area contributed by atoms with Crippen LogP contribution in [0.3, 0.4) is 0 Å². The lowest BCUT2D eigenvalue weighted by Gasteiger charge is -2.02. The Morgan fingerprint density at radius 1 is 1.19 bits per heavy atom. The predicted octanol–water partition coefficient (Wildman–Crippen LogP) is 2.79. The van der Waals surface area contributed by atoms with Gasteiger partial charge in [0.15, 0.2) is 0 Å². The summed E-state index contributed by atoms with van der Waals surface area (Å²) < 4.78 is 1.81. The summed E-state index contributed by atoms with van der Waals surface area (Å²) in [7, 11) is 0. The van der Waals surface area contributed by atoms with E-state index in [9.17, 15) is 4.79 Å². The van der Waals surface area contributed by atoms with E-state index in [2.05, 4.69) is 10.4 Å². The summed E-state index contributed by atoms with van der Waals surface area (Å²) in [6.45, 7) is 0.497. The Kier molecular flexibility index (Phi) is 4.12. The van der Waals surface area contributed by atoms with Gasteiger partial charge in [0.1, 0.15) is 0 Å². The number of hydrogen-bond donors (Lipinski definition) is 1. The van der Waals surface area contributed by atoms with Crippen molar-refractivity contribution in [3.63, 3.8) is 0 Å². The molecule has 0 fully saturated rings. The molecule has 0 radical (unpaired) electrons. The number of benzene rings is 1. The van der Waals surface area contributed by atoms with Crippen molar-refractivity contribution in [2.75, 3.05) is 0 Å². The second kappa shape index (κ2) is 6.37. The number of carbonyl (C=O) groups excluding carboxylic acids is 1. The van der Waals surface area contributed by atoms with Gasteiger partial charge in [0.25, 0.3) is 0 Å². The molecular formula is C16H15N3OS. The van der Waals surface area contributed by atoms with Crippen LogP contribution >= 0.6 is 11.3 Å². The van der Waals surface area contributed by atoms with Crippen LogP contribution in [0.25, 0.3) is 5.69 Å². The van der Waals surface area contributed by atoms with Crippen molar-refractivity contribution in [1.29, 1.82) is 0 Å². The third kappa shape index (κ3) is 3.58. The lowest BCUT2D eigenvalue weighted by Crippen LogP contribution is -2.23. The smallest absolute Gasteiger partial charge is 0.225 e. The molecule has 0 unspecified atom stereocenters. The van der Waals surface area contributed by atoms with E-state index < -0.39 is 0 Å². The van der Waals surface area contributed by atoms with Crippen LogP contribution in [0, 0.1) is 0 Å². The first-order chi connectivity index (χ1) is 10.3. The van der Waals surface area contributed by atoms with Crippen molar-refractivity contribution >= 4 is 17.2 Å². The van der Waals surface area contributed by atoms with Gasteiger partial charge in [0.05, 0.1) is 18.3 Å². The van der Waals surface area contributed by atoms with Crippen molar-refractivity contribution in [2.24, 2.45) is 0 Å². The number of para-hydroxylation sites is 1. The summed E-state index contributed by atoms with van der Waals surface area (Å²) in [6, 6.07) is 13.8. The number of hydrogen-bond acceptors (Lipinski definition) is 3. The third-order valence-electron chi connectivity index (χ3n) is 3.06. The van der Waals surface area contributed by atoms with Gasteiger partial charge in [-0.1, -0.05) is 24.3 Å². The average Bonchev–Trinajstić information content (AvgIpc) is 3.17. The Balaban J connectivity index is 1.56. The molecule has 21 heavy (non-hydrogen) atoms. The van der Waals surface area contributed by atoms with Gasteiger partial charge in [0.2, 0.25) is 5.91 Å². The molecule has 1 amide bonds. The van der Waals surface area contributed by atoms with Crippen molar-refractivity contribution in [3.05, 3.63) is 70.7 Å². The fraction of sp³-hybridized carbons (Fsp3) is 0.125. The molecule has 3 aromatic rings. The zero-order valence-electron chi connectivity index (χ0n) is 11.4. The summed E-state index contributed by atoms with van der Waals surface area (Å²) in [4.78, 5) is 12.9. The summed E-state index contributed by atoms with van der Waals surface area (Å²) in [6.07, 6.45) is 4.14. The van der Waals surface area contributed by atoms with Gasteiger partial charge < -0.3 is 5.32 Å². The first kappa shape index (κ1) is 13.6. The highest BCUT2D eigenvalue weighted by atomic mass is 32.1. The van der Waals surface area contributed by atoms with Crippen molar-refractivity contribution < 1.29 is 4.79 Å². The lowest BCUT2D eigenvalue weighted by atomic mass is 10.3. The highest BCUT2D eigenvalue weighted by Gasteiger charge is 2.05. The molecule has 0 aliphatic carbocycles. The summed E-state index contributed by atoms with van der Waals surface area (Å²) in [5.41, 5.74) is 1.99. The molecule has 0 saturated heterocycles. The first-order valence-corrected chi connectivity index (χ1v) is 7.57. The Bertz CT molecular complexity index is 704. The Morgan fingerprint density at radius 2 is 2.05 bits per heavy atom.